The van der Waals surface area contributed by atoms with Crippen molar-refractivity contribution >= 4 is 23.0 Å². The number of carbonyl (C=O) groups excluding carboxylic acids is 1. The van der Waals surface area contributed by atoms with Crippen LogP contribution in [0, 0.1) is 13.8 Å². The van der Waals surface area contributed by atoms with Crippen molar-refractivity contribution in [2.45, 2.75) is 40.5 Å². The molecular weight excluding hydrogens is 322 g/mol. The number of amides is 1. The Morgan fingerprint density at radius 3 is 2.75 bits per heavy atom. The van der Waals surface area contributed by atoms with Crippen molar-refractivity contribution < 1.29 is 9.53 Å². The van der Waals surface area contributed by atoms with E-state index in [1.165, 1.54) is 11.3 Å². The number of hydrazone groups is 1. The summed E-state index contributed by atoms with van der Waals surface area (Å²) in [6.07, 6.45) is 0. The Hall–Kier alpha value is -2.21. The molecule has 128 valence electrons. The second-order valence-corrected chi connectivity index (χ2v) is 6.84. The first-order chi connectivity index (χ1) is 11.4. The molecule has 5 nitrogen and oxygen atoms in total. The summed E-state index contributed by atoms with van der Waals surface area (Å²) in [5.74, 6) is 0.796. The molecule has 0 aliphatic rings. The first kappa shape index (κ1) is 18.1. The van der Waals surface area contributed by atoms with Gasteiger partial charge in [0.2, 0.25) is 0 Å². The summed E-state index contributed by atoms with van der Waals surface area (Å²) >= 11 is 1.50. The number of rotatable bonds is 6. The Kier molecular flexibility index (Phi) is 6.09. The minimum atomic E-state index is -0.285. The van der Waals surface area contributed by atoms with Gasteiger partial charge in [0.25, 0.3) is 5.91 Å². The molecule has 0 radical (unpaired) electrons. The summed E-state index contributed by atoms with van der Waals surface area (Å²) in [5, 5.41) is 4.12. The molecule has 1 heterocycles. The maximum atomic E-state index is 12.0. The van der Waals surface area contributed by atoms with E-state index < -0.39 is 0 Å². The largest absolute Gasteiger partial charge is 0.483 e. The Bertz CT molecular complexity index is 750. The molecular formula is C18H23N3O2S. The summed E-state index contributed by atoms with van der Waals surface area (Å²) in [4.78, 5) is 17.1. The van der Waals surface area contributed by atoms with Gasteiger partial charge in [0, 0.05) is 0 Å². The molecule has 0 bridgehead atoms. The number of thiazole rings is 1. The van der Waals surface area contributed by atoms with Crippen LogP contribution in [-0.2, 0) is 4.79 Å². The lowest BCUT2D eigenvalue weighted by atomic mass is 10.0. The average molecular weight is 345 g/mol. The molecule has 0 aliphatic heterocycles. The van der Waals surface area contributed by atoms with Crippen LogP contribution < -0.4 is 10.2 Å². The molecule has 0 atom stereocenters. The third-order valence-corrected chi connectivity index (χ3v) is 4.61. The van der Waals surface area contributed by atoms with Gasteiger partial charge in [-0.15, -0.1) is 11.3 Å². The standard InChI is InChI=1S/C18H23N3O2S/c1-11(2)15-7-6-12(3)8-16(15)23-9-17(22)21-20-14(5)18-13(4)19-10-24-18/h6-8,10-11H,9H2,1-5H3,(H,21,22)/b20-14+. The molecule has 1 amide bonds. The summed E-state index contributed by atoms with van der Waals surface area (Å²) in [6.45, 7) is 9.90. The quantitative estimate of drug-likeness (QED) is 0.640. The summed E-state index contributed by atoms with van der Waals surface area (Å²) in [5.41, 5.74) is 8.14. The van der Waals surface area contributed by atoms with Crippen LogP contribution >= 0.6 is 11.3 Å². The van der Waals surface area contributed by atoms with Crippen molar-refractivity contribution in [3.63, 3.8) is 0 Å². The minimum absolute atomic E-state index is 0.0678. The minimum Gasteiger partial charge on any atom is -0.483 e. The van der Waals surface area contributed by atoms with E-state index in [2.05, 4.69) is 29.4 Å². The summed E-state index contributed by atoms with van der Waals surface area (Å²) < 4.78 is 5.70. The first-order valence-electron chi connectivity index (χ1n) is 7.85. The normalized spacial score (nSPS) is 11.7. The van der Waals surface area contributed by atoms with Crippen LogP contribution in [0.15, 0.2) is 28.8 Å². The Labute approximate surface area is 146 Å². The van der Waals surface area contributed by atoms with E-state index >= 15 is 0 Å². The van der Waals surface area contributed by atoms with Crippen molar-refractivity contribution in [2.75, 3.05) is 6.61 Å². The monoisotopic (exact) mass is 345 g/mol. The van der Waals surface area contributed by atoms with Crippen molar-refractivity contribution in [1.82, 2.24) is 10.4 Å². The van der Waals surface area contributed by atoms with Crippen LogP contribution in [0.4, 0.5) is 0 Å². The summed E-state index contributed by atoms with van der Waals surface area (Å²) in [7, 11) is 0. The number of nitrogens with one attached hydrogen (secondary N) is 1. The van der Waals surface area contributed by atoms with Gasteiger partial charge in [0.1, 0.15) is 5.75 Å². The van der Waals surface area contributed by atoms with Gasteiger partial charge in [-0.2, -0.15) is 5.10 Å². The second-order valence-electron chi connectivity index (χ2n) is 5.98. The lowest BCUT2D eigenvalue weighted by molar-refractivity contribution is -0.123. The maximum Gasteiger partial charge on any atom is 0.277 e. The van der Waals surface area contributed by atoms with E-state index in [9.17, 15) is 4.79 Å². The molecule has 6 heteroatoms. The molecule has 0 spiro atoms. The van der Waals surface area contributed by atoms with E-state index in [-0.39, 0.29) is 12.5 Å². The zero-order valence-electron chi connectivity index (χ0n) is 14.7. The maximum absolute atomic E-state index is 12.0. The first-order valence-corrected chi connectivity index (χ1v) is 8.73. The third kappa shape index (κ3) is 4.64. The van der Waals surface area contributed by atoms with Gasteiger partial charge < -0.3 is 4.74 Å². The van der Waals surface area contributed by atoms with Gasteiger partial charge in [0.05, 0.1) is 21.8 Å². The van der Waals surface area contributed by atoms with E-state index in [0.717, 1.165) is 33.2 Å². The fraction of sp³-hybridized carbons (Fsp3) is 0.389. The van der Waals surface area contributed by atoms with Crippen LogP contribution in [0.5, 0.6) is 5.75 Å². The Morgan fingerprint density at radius 1 is 1.38 bits per heavy atom. The fourth-order valence-corrected chi connectivity index (χ4v) is 3.02. The zero-order valence-corrected chi connectivity index (χ0v) is 15.5. The molecule has 1 aromatic carbocycles. The number of hydrogen-bond donors (Lipinski definition) is 1. The second kappa shape index (κ2) is 8.06. The van der Waals surface area contributed by atoms with Crippen LogP contribution in [0.2, 0.25) is 0 Å². The van der Waals surface area contributed by atoms with Crippen molar-refractivity contribution in [2.24, 2.45) is 5.10 Å². The highest BCUT2D eigenvalue weighted by molar-refractivity contribution is 7.12. The van der Waals surface area contributed by atoms with E-state index in [1.54, 1.807) is 5.51 Å². The molecule has 1 aromatic heterocycles. The van der Waals surface area contributed by atoms with E-state index in [4.69, 9.17) is 4.74 Å². The lowest BCUT2D eigenvalue weighted by Gasteiger charge is -2.14. The molecule has 0 aliphatic carbocycles. The predicted molar refractivity (Wildman–Crippen MR) is 98.0 cm³/mol. The van der Waals surface area contributed by atoms with E-state index in [1.807, 2.05) is 39.0 Å². The Balaban J connectivity index is 1.97. The van der Waals surface area contributed by atoms with Gasteiger partial charge >= 0.3 is 0 Å². The van der Waals surface area contributed by atoms with Crippen LogP contribution in [0.25, 0.3) is 0 Å². The molecule has 0 unspecified atom stereocenters. The predicted octanol–water partition coefficient (Wildman–Crippen LogP) is 3.80. The highest BCUT2D eigenvalue weighted by Gasteiger charge is 2.11. The molecule has 24 heavy (non-hydrogen) atoms. The molecule has 2 aromatic rings. The number of nitrogens with zero attached hydrogens (tertiary/aromatic N) is 2. The van der Waals surface area contributed by atoms with Gasteiger partial charge in [-0.05, 0) is 43.9 Å². The van der Waals surface area contributed by atoms with Crippen LogP contribution in [-0.4, -0.2) is 23.2 Å². The number of carbonyl (C=O) groups is 1. The van der Waals surface area contributed by atoms with Gasteiger partial charge in [-0.25, -0.2) is 10.4 Å². The SMILES string of the molecule is C/C(=N\NC(=O)COc1cc(C)ccc1C(C)C)c1scnc1C. The molecule has 0 saturated carbocycles. The number of aryl methyl sites for hydroxylation is 2. The number of hydrogen-bond acceptors (Lipinski definition) is 5. The van der Waals surface area contributed by atoms with Gasteiger partial charge in [-0.3, -0.25) is 4.79 Å². The van der Waals surface area contributed by atoms with Crippen molar-refractivity contribution in [3.8, 4) is 5.75 Å². The molecule has 0 fully saturated rings. The molecule has 2 rings (SSSR count). The van der Waals surface area contributed by atoms with Crippen LogP contribution in [0.1, 0.15) is 48.4 Å². The number of ether oxygens (including phenoxy) is 1. The zero-order chi connectivity index (χ0) is 17.7. The van der Waals surface area contributed by atoms with Crippen molar-refractivity contribution in [1.29, 1.82) is 0 Å². The van der Waals surface area contributed by atoms with Crippen LogP contribution in [0.3, 0.4) is 0 Å². The average Bonchev–Trinajstić information content (AvgIpc) is 2.96. The number of aromatic nitrogens is 1. The topological polar surface area (TPSA) is 63.6 Å². The van der Waals surface area contributed by atoms with Gasteiger partial charge in [-0.1, -0.05) is 26.0 Å². The summed E-state index contributed by atoms with van der Waals surface area (Å²) in [6, 6.07) is 6.05. The lowest BCUT2D eigenvalue weighted by Crippen LogP contribution is -2.26. The third-order valence-electron chi connectivity index (χ3n) is 3.57. The van der Waals surface area contributed by atoms with Crippen molar-refractivity contribution in [3.05, 3.63) is 45.4 Å². The smallest absolute Gasteiger partial charge is 0.277 e. The molecule has 0 saturated heterocycles. The Morgan fingerprint density at radius 2 is 2.12 bits per heavy atom. The van der Waals surface area contributed by atoms with Gasteiger partial charge in [0.15, 0.2) is 6.61 Å². The fourth-order valence-electron chi connectivity index (χ4n) is 2.27. The molecule has 1 N–H and O–H groups in total. The van der Waals surface area contributed by atoms with E-state index in [0.29, 0.717) is 5.92 Å². The highest BCUT2D eigenvalue weighted by atomic mass is 32.1. The number of benzene rings is 1. The highest BCUT2D eigenvalue weighted by Crippen LogP contribution is 2.27.